The first-order chi connectivity index (χ1) is 9.61. The summed E-state index contributed by atoms with van der Waals surface area (Å²) in [7, 11) is -4.04. The van der Waals surface area contributed by atoms with Crippen molar-refractivity contribution >= 4 is 21.7 Å². The number of nitrogens with two attached hydrogens (primary N) is 2. The summed E-state index contributed by atoms with van der Waals surface area (Å²) in [5, 5.41) is -2.58. The average Bonchev–Trinajstić information content (AvgIpc) is 2.35. The minimum Gasteiger partial charge on any atom is -0.370 e. The number of aliphatic imine (C=N–C) groups is 1. The number of halogens is 1. The minimum absolute atomic E-state index is 0.0726. The van der Waals surface area contributed by atoms with E-state index in [1.807, 2.05) is 6.92 Å². The summed E-state index contributed by atoms with van der Waals surface area (Å²) < 4.78 is 38.7. The lowest BCUT2D eigenvalue weighted by atomic mass is 9.92. The van der Waals surface area contributed by atoms with E-state index in [4.69, 9.17) is 11.5 Å². The zero-order valence-corrected chi connectivity index (χ0v) is 12.9. The van der Waals surface area contributed by atoms with Gasteiger partial charge in [0.2, 0.25) is 5.00 Å². The molecule has 21 heavy (non-hydrogen) atoms. The Morgan fingerprint density at radius 2 is 2.05 bits per heavy atom. The zero-order valence-electron chi connectivity index (χ0n) is 12.1. The monoisotopic (exact) mass is 317 g/mol. The molecule has 1 unspecified atom stereocenters. The van der Waals surface area contributed by atoms with E-state index in [0.717, 1.165) is 12.7 Å². The molecule has 0 saturated heterocycles. The molecule has 0 spiro atoms. The zero-order chi connectivity index (χ0) is 16.3. The second kappa shape index (κ2) is 6.38. The molecule has 1 rings (SSSR count). The lowest BCUT2D eigenvalue weighted by Crippen LogP contribution is -2.38. The molecule has 1 atom stereocenters. The fourth-order valence-corrected chi connectivity index (χ4v) is 3.15. The number of allylic oxidation sites excluding steroid dienone is 2. The molecule has 8 heteroatoms. The Kier molecular flexibility index (Phi) is 5.27. The molecule has 0 saturated carbocycles. The average molecular weight is 317 g/mol. The van der Waals surface area contributed by atoms with Gasteiger partial charge in [-0.15, -0.1) is 0 Å². The van der Waals surface area contributed by atoms with Crippen LogP contribution in [0.4, 0.5) is 4.39 Å². The van der Waals surface area contributed by atoms with Crippen LogP contribution in [0.2, 0.25) is 0 Å². The quantitative estimate of drug-likeness (QED) is 0.578. The molecule has 0 aromatic heterocycles. The first-order valence-corrected chi connectivity index (χ1v) is 8.43. The summed E-state index contributed by atoms with van der Waals surface area (Å²) in [6.07, 6.45) is 4.76. The summed E-state index contributed by atoms with van der Waals surface area (Å²) in [6, 6.07) is 0. The van der Waals surface area contributed by atoms with Gasteiger partial charge in [-0.25, -0.2) is 12.8 Å². The summed E-state index contributed by atoms with van der Waals surface area (Å²) >= 11 is 0. The Labute approximate surface area is 123 Å². The van der Waals surface area contributed by atoms with Crippen LogP contribution in [0.5, 0.6) is 0 Å². The van der Waals surface area contributed by atoms with Crippen molar-refractivity contribution in [2.75, 3.05) is 6.26 Å². The van der Waals surface area contributed by atoms with E-state index >= 15 is 4.39 Å². The number of alkyl halides is 1. The summed E-state index contributed by atoms with van der Waals surface area (Å²) in [5.74, 6) is -1.28. The molecule has 1 amide bonds. The van der Waals surface area contributed by atoms with Crippen LogP contribution in [0, 0.1) is 0 Å². The molecule has 0 heterocycles. The molecule has 0 aliphatic heterocycles. The van der Waals surface area contributed by atoms with Crippen LogP contribution >= 0.6 is 0 Å². The molecule has 6 nitrogen and oxygen atoms in total. The highest BCUT2D eigenvalue weighted by Crippen LogP contribution is 2.40. The highest BCUT2D eigenvalue weighted by molar-refractivity contribution is 7.92. The van der Waals surface area contributed by atoms with E-state index in [1.165, 1.54) is 12.2 Å². The van der Waals surface area contributed by atoms with Crippen molar-refractivity contribution in [3.8, 4) is 0 Å². The van der Waals surface area contributed by atoms with Crippen molar-refractivity contribution in [1.29, 1.82) is 0 Å². The Morgan fingerprint density at radius 1 is 1.43 bits per heavy atom. The van der Waals surface area contributed by atoms with E-state index in [2.05, 4.69) is 4.99 Å². The first-order valence-electron chi connectivity index (χ1n) is 6.54. The van der Waals surface area contributed by atoms with Gasteiger partial charge < -0.3 is 11.5 Å². The van der Waals surface area contributed by atoms with Crippen molar-refractivity contribution in [2.24, 2.45) is 16.5 Å². The number of unbranched alkanes of at least 4 members (excludes halogenated alkanes) is 1. The SMILES string of the molecule is CCCCC1=CC=C(C(=O)N=C(N)N)CC1(F)S(C)(=O)=O. The number of rotatable bonds is 5. The van der Waals surface area contributed by atoms with Gasteiger partial charge in [0.05, 0.1) is 0 Å². The van der Waals surface area contributed by atoms with Gasteiger partial charge in [0, 0.05) is 18.2 Å². The molecule has 0 aromatic carbocycles. The number of carbonyl (C=O) groups excluding carboxylic acids is 1. The molecular formula is C13H20FN3O3S. The van der Waals surface area contributed by atoms with Crippen molar-refractivity contribution in [3.63, 3.8) is 0 Å². The highest BCUT2D eigenvalue weighted by Gasteiger charge is 2.47. The van der Waals surface area contributed by atoms with Crippen LogP contribution in [0.15, 0.2) is 28.3 Å². The van der Waals surface area contributed by atoms with Gasteiger partial charge in [-0.1, -0.05) is 25.5 Å². The highest BCUT2D eigenvalue weighted by atomic mass is 32.2. The maximum Gasteiger partial charge on any atom is 0.276 e. The van der Waals surface area contributed by atoms with Gasteiger partial charge in [0.15, 0.2) is 15.8 Å². The molecule has 1 aliphatic carbocycles. The number of amides is 1. The van der Waals surface area contributed by atoms with Gasteiger partial charge in [-0.3, -0.25) is 4.79 Å². The standard InChI is InChI=1S/C13H20FN3O3S/c1-3-4-5-10-7-6-9(11(18)17-12(15)16)8-13(10,14)21(2,19)20/h6-7H,3-5,8H2,1-2H3,(H4,15,16,17,18). The van der Waals surface area contributed by atoms with Crippen LogP contribution < -0.4 is 11.5 Å². The molecule has 0 radical (unpaired) electrons. The van der Waals surface area contributed by atoms with Crippen LogP contribution in [0.1, 0.15) is 32.6 Å². The number of hydrogen-bond acceptors (Lipinski definition) is 3. The lowest BCUT2D eigenvalue weighted by Gasteiger charge is -2.29. The smallest absolute Gasteiger partial charge is 0.276 e. The predicted octanol–water partition coefficient (Wildman–Crippen LogP) is 0.944. The Hall–Kier alpha value is -1.70. The normalized spacial score (nSPS) is 22.2. The number of nitrogens with zero attached hydrogens (tertiary/aromatic N) is 1. The minimum atomic E-state index is -4.04. The molecule has 0 fully saturated rings. The molecular weight excluding hydrogens is 297 g/mol. The lowest BCUT2D eigenvalue weighted by molar-refractivity contribution is -0.114. The number of guanidine groups is 1. The fourth-order valence-electron chi connectivity index (χ4n) is 2.09. The summed E-state index contributed by atoms with van der Waals surface area (Å²) in [5.41, 5.74) is 10.3. The van der Waals surface area contributed by atoms with Gasteiger partial charge >= 0.3 is 0 Å². The molecule has 1 aliphatic rings. The number of sulfone groups is 1. The second-order valence-corrected chi connectivity index (χ2v) is 7.20. The third-order valence-corrected chi connectivity index (χ3v) is 4.86. The summed E-state index contributed by atoms with van der Waals surface area (Å²) in [4.78, 5) is 15.0. The first kappa shape index (κ1) is 17.4. The number of carbonyl (C=O) groups is 1. The van der Waals surface area contributed by atoms with Gasteiger partial charge in [0.25, 0.3) is 5.91 Å². The van der Waals surface area contributed by atoms with Gasteiger partial charge in [-0.2, -0.15) is 4.99 Å². The van der Waals surface area contributed by atoms with E-state index in [9.17, 15) is 13.2 Å². The topological polar surface area (TPSA) is 116 Å². The van der Waals surface area contributed by atoms with Crippen LogP contribution in [0.3, 0.4) is 0 Å². The Balaban J connectivity index is 3.22. The van der Waals surface area contributed by atoms with Crippen molar-refractivity contribution in [3.05, 3.63) is 23.3 Å². The van der Waals surface area contributed by atoms with E-state index < -0.39 is 33.1 Å². The van der Waals surface area contributed by atoms with Crippen molar-refractivity contribution in [2.45, 2.75) is 37.6 Å². The third kappa shape index (κ3) is 3.90. The van der Waals surface area contributed by atoms with Crippen LogP contribution in [-0.4, -0.2) is 31.5 Å². The van der Waals surface area contributed by atoms with Gasteiger partial charge in [0.1, 0.15) is 0 Å². The van der Waals surface area contributed by atoms with Crippen molar-refractivity contribution in [1.82, 2.24) is 0 Å². The van der Waals surface area contributed by atoms with Gasteiger partial charge in [-0.05, 0) is 18.4 Å². The Morgan fingerprint density at radius 3 is 2.52 bits per heavy atom. The molecule has 0 bridgehead atoms. The van der Waals surface area contributed by atoms with Crippen molar-refractivity contribution < 1.29 is 17.6 Å². The van der Waals surface area contributed by atoms with Crippen LogP contribution in [0.25, 0.3) is 0 Å². The maximum absolute atomic E-state index is 15.1. The van der Waals surface area contributed by atoms with E-state index in [-0.39, 0.29) is 11.1 Å². The fraction of sp³-hybridized carbons (Fsp3) is 0.538. The third-order valence-electron chi connectivity index (χ3n) is 3.28. The predicted molar refractivity (Wildman–Crippen MR) is 79.8 cm³/mol. The summed E-state index contributed by atoms with van der Waals surface area (Å²) in [6.45, 7) is 1.92. The number of hydrogen-bond donors (Lipinski definition) is 2. The molecule has 118 valence electrons. The second-order valence-electron chi connectivity index (χ2n) is 5.01. The Bertz CT molecular complexity index is 619. The van der Waals surface area contributed by atoms with E-state index in [1.54, 1.807) is 0 Å². The molecule has 4 N–H and O–H groups in total. The maximum atomic E-state index is 15.1. The molecule has 0 aromatic rings. The van der Waals surface area contributed by atoms with E-state index in [0.29, 0.717) is 12.8 Å². The largest absolute Gasteiger partial charge is 0.370 e. The van der Waals surface area contributed by atoms with Crippen LogP contribution in [-0.2, 0) is 14.6 Å².